The molecule has 0 aromatic heterocycles. The van der Waals surface area contributed by atoms with Crippen molar-refractivity contribution in [2.75, 3.05) is 6.54 Å². The van der Waals surface area contributed by atoms with Gasteiger partial charge in [-0.15, -0.1) is 0 Å². The average Bonchev–Trinajstić information content (AvgIpc) is 2.97. The van der Waals surface area contributed by atoms with E-state index in [1.54, 1.807) is 0 Å². The quantitative estimate of drug-likeness (QED) is 0.800. The number of nitrogens with one attached hydrogen (secondary N) is 2. The van der Waals surface area contributed by atoms with Gasteiger partial charge in [-0.3, -0.25) is 4.79 Å². The molecular formula is C15H26N2O. The molecule has 3 heteroatoms. The number of hydrogen-bond acceptors (Lipinski definition) is 2. The first-order valence-corrected chi connectivity index (χ1v) is 7.68. The van der Waals surface area contributed by atoms with Crippen molar-refractivity contribution in [2.24, 2.45) is 23.7 Å². The predicted molar refractivity (Wildman–Crippen MR) is 72.1 cm³/mol. The fourth-order valence-corrected chi connectivity index (χ4v) is 4.79. The summed E-state index contributed by atoms with van der Waals surface area (Å²) >= 11 is 0. The van der Waals surface area contributed by atoms with Crippen molar-refractivity contribution in [1.82, 2.24) is 10.6 Å². The van der Waals surface area contributed by atoms with Gasteiger partial charge in [-0.25, -0.2) is 0 Å². The minimum Gasteiger partial charge on any atom is -0.352 e. The van der Waals surface area contributed by atoms with Crippen molar-refractivity contribution in [1.29, 1.82) is 0 Å². The Bertz CT molecular complexity index is 328. The maximum Gasteiger partial charge on any atom is 0.234 e. The third-order valence-electron chi connectivity index (χ3n) is 5.45. The van der Waals surface area contributed by atoms with Gasteiger partial charge in [-0.2, -0.15) is 0 Å². The minimum absolute atomic E-state index is 0.191. The monoisotopic (exact) mass is 250 g/mol. The van der Waals surface area contributed by atoms with Crippen LogP contribution in [0.5, 0.6) is 0 Å². The van der Waals surface area contributed by atoms with Gasteiger partial charge in [-0.05, 0) is 49.4 Å². The highest BCUT2D eigenvalue weighted by molar-refractivity contribution is 5.78. The molecule has 3 nitrogen and oxygen atoms in total. The molecule has 102 valence electrons. The molecule has 5 unspecified atom stereocenters. The first-order chi connectivity index (χ1) is 8.65. The molecule has 3 aliphatic rings. The maximum atomic E-state index is 11.9. The van der Waals surface area contributed by atoms with Gasteiger partial charge in [0.25, 0.3) is 0 Å². The largest absolute Gasteiger partial charge is 0.352 e. The van der Waals surface area contributed by atoms with Gasteiger partial charge in [0.1, 0.15) is 0 Å². The summed E-state index contributed by atoms with van der Waals surface area (Å²) in [6.07, 6.45) is 6.94. The van der Waals surface area contributed by atoms with Gasteiger partial charge in [0.2, 0.25) is 5.91 Å². The molecule has 18 heavy (non-hydrogen) atoms. The Balaban J connectivity index is 1.52. The molecule has 3 aliphatic carbocycles. The van der Waals surface area contributed by atoms with Crippen molar-refractivity contribution < 1.29 is 4.79 Å². The molecule has 3 saturated carbocycles. The Hall–Kier alpha value is -0.570. The van der Waals surface area contributed by atoms with Crippen LogP contribution in [-0.2, 0) is 4.79 Å². The van der Waals surface area contributed by atoms with E-state index < -0.39 is 0 Å². The summed E-state index contributed by atoms with van der Waals surface area (Å²) in [6, 6.07) is 0.866. The molecule has 0 saturated heterocycles. The van der Waals surface area contributed by atoms with E-state index in [1.165, 1.54) is 32.1 Å². The van der Waals surface area contributed by atoms with Crippen LogP contribution in [0.3, 0.4) is 0 Å². The molecule has 0 aromatic carbocycles. The van der Waals surface area contributed by atoms with Gasteiger partial charge in [0, 0.05) is 12.1 Å². The van der Waals surface area contributed by atoms with Crippen LogP contribution in [0.2, 0.25) is 0 Å². The lowest BCUT2D eigenvalue weighted by Crippen LogP contribution is -2.46. The van der Waals surface area contributed by atoms with E-state index in [1.807, 2.05) is 0 Å². The van der Waals surface area contributed by atoms with Crippen LogP contribution in [0, 0.1) is 23.7 Å². The summed E-state index contributed by atoms with van der Waals surface area (Å²) in [5.74, 6) is 3.86. The highest BCUT2D eigenvalue weighted by Gasteiger charge is 2.53. The molecule has 3 fully saturated rings. The molecule has 2 N–H and O–H groups in total. The lowest BCUT2D eigenvalue weighted by molar-refractivity contribution is -0.121. The summed E-state index contributed by atoms with van der Waals surface area (Å²) in [5.41, 5.74) is 0. The van der Waals surface area contributed by atoms with Crippen LogP contribution in [0.25, 0.3) is 0 Å². The lowest BCUT2D eigenvalue weighted by atomic mass is 9.79. The van der Waals surface area contributed by atoms with Crippen LogP contribution in [0.1, 0.15) is 46.0 Å². The highest BCUT2D eigenvalue weighted by atomic mass is 16.2. The van der Waals surface area contributed by atoms with E-state index in [4.69, 9.17) is 0 Å². The van der Waals surface area contributed by atoms with Gasteiger partial charge in [-0.1, -0.05) is 20.3 Å². The number of carbonyl (C=O) groups is 1. The lowest BCUT2D eigenvalue weighted by Gasteiger charge is -2.32. The molecule has 3 rings (SSSR count). The first-order valence-electron chi connectivity index (χ1n) is 7.68. The van der Waals surface area contributed by atoms with E-state index in [2.05, 4.69) is 24.5 Å². The molecule has 0 radical (unpaired) electrons. The van der Waals surface area contributed by atoms with Gasteiger partial charge < -0.3 is 10.6 Å². The number of carbonyl (C=O) groups excluding carboxylic acids is 1. The van der Waals surface area contributed by atoms with Crippen LogP contribution in [0.15, 0.2) is 0 Å². The van der Waals surface area contributed by atoms with Crippen molar-refractivity contribution in [3.05, 3.63) is 0 Å². The number of rotatable bonds is 4. The fraction of sp³-hybridized carbons (Fsp3) is 0.933. The second kappa shape index (κ2) is 4.84. The topological polar surface area (TPSA) is 41.1 Å². The maximum absolute atomic E-state index is 11.9. The van der Waals surface area contributed by atoms with E-state index in [-0.39, 0.29) is 5.91 Å². The summed E-state index contributed by atoms with van der Waals surface area (Å²) in [7, 11) is 0. The summed E-state index contributed by atoms with van der Waals surface area (Å²) in [6.45, 7) is 4.63. The summed E-state index contributed by atoms with van der Waals surface area (Å²) in [5, 5.41) is 6.47. The third kappa shape index (κ3) is 2.18. The van der Waals surface area contributed by atoms with Crippen molar-refractivity contribution in [3.63, 3.8) is 0 Å². The molecule has 0 aliphatic heterocycles. The van der Waals surface area contributed by atoms with Crippen LogP contribution >= 0.6 is 0 Å². The zero-order chi connectivity index (χ0) is 12.7. The Labute approximate surface area is 110 Å². The molecule has 2 bridgehead atoms. The zero-order valence-corrected chi connectivity index (χ0v) is 11.6. The van der Waals surface area contributed by atoms with E-state index in [0.717, 1.165) is 23.7 Å². The molecule has 0 heterocycles. The van der Waals surface area contributed by atoms with Crippen molar-refractivity contribution in [3.8, 4) is 0 Å². The molecule has 1 amide bonds. The van der Waals surface area contributed by atoms with Crippen molar-refractivity contribution >= 4 is 5.91 Å². The van der Waals surface area contributed by atoms with Crippen LogP contribution < -0.4 is 10.6 Å². The Morgan fingerprint density at radius 3 is 2.72 bits per heavy atom. The summed E-state index contributed by atoms with van der Waals surface area (Å²) < 4.78 is 0. The van der Waals surface area contributed by atoms with E-state index in [0.29, 0.717) is 18.6 Å². The van der Waals surface area contributed by atoms with Crippen LogP contribution in [-0.4, -0.2) is 24.5 Å². The fourth-order valence-electron chi connectivity index (χ4n) is 4.79. The smallest absolute Gasteiger partial charge is 0.234 e. The molecule has 0 aromatic rings. The second-order valence-electron chi connectivity index (χ2n) is 6.86. The second-order valence-corrected chi connectivity index (χ2v) is 6.86. The molecular weight excluding hydrogens is 224 g/mol. The normalized spacial score (nSPS) is 41.4. The average molecular weight is 250 g/mol. The van der Waals surface area contributed by atoms with E-state index in [9.17, 15) is 4.79 Å². The Kier molecular flexibility index (Phi) is 3.35. The number of amides is 1. The standard InChI is InChI=1S/C15H26N2O/c1-9(2)16-8-15(18)17-14-7-10-6-13(14)12-5-3-4-11(10)12/h9-14,16H,3-8H2,1-2H3,(H,17,18). The number of hydrogen-bond donors (Lipinski definition) is 2. The van der Waals surface area contributed by atoms with Gasteiger partial charge in [0.05, 0.1) is 6.54 Å². The van der Waals surface area contributed by atoms with Crippen molar-refractivity contribution in [2.45, 2.75) is 58.0 Å². The Morgan fingerprint density at radius 2 is 1.94 bits per heavy atom. The zero-order valence-electron chi connectivity index (χ0n) is 11.6. The van der Waals surface area contributed by atoms with E-state index >= 15 is 0 Å². The number of fused-ring (bicyclic) bond motifs is 5. The molecule has 5 atom stereocenters. The highest BCUT2D eigenvalue weighted by Crippen LogP contribution is 2.58. The predicted octanol–water partition coefficient (Wildman–Crippen LogP) is 1.93. The third-order valence-corrected chi connectivity index (χ3v) is 5.45. The van der Waals surface area contributed by atoms with Gasteiger partial charge >= 0.3 is 0 Å². The minimum atomic E-state index is 0.191. The van der Waals surface area contributed by atoms with Crippen LogP contribution in [0.4, 0.5) is 0 Å². The molecule has 0 spiro atoms. The summed E-state index contributed by atoms with van der Waals surface area (Å²) in [4.78, 5) is 11.9. The van der Waals surface area contributed by atoms with Gasteiger partial charge in [0.15, 0.2) is 0 Å². The Morgan fingerprint density at radius 1 is 1.17 bits per heavy atom. The SMILES string of the molecule is CC(C)NCC(=O)NC1CC2CC1C1CCCC21. The first kappa shape index (κ1) is 12.5.